The summed E-state index contributed by atoms with van der Waals surface area (Å²) in [5, 5.41) is 6.12. The molecule has 2 N–H and O–H groups in total. The van der Waals surface area contributed by atoms with Gasteiger partial charge in [-0.15, -0.1) is 0 Å². The van der Waals surface area contributed by atoms with E-state index in [-0.39, 0.29) is 30.2 Å². The molecule has 0 aromatic heterocycles. The molecule has 2 amide bonds. The van der Waals surface area contributed by atoms with E-state index in [1.165, 1.54) is 0 Å². The highest BCUT2D eigenvalue weighted by Crippen LogP contribution is 2.19. The molecule has 0 bridgehead atoms. The molecule has 3 rings (SSSR count). The largest absolute Gasteiger partial charge is 0.484 e. The molecule has 1 saturated heterocycles. The lowest BCUT2D eigenvalue weighted by Crippen LogP contribution is -2.60. The van der Waals surface area contributed by atoms with E-state index in [2.05, 4.69) is 10.6 Å². The van der Waals surface area contributed by atoms with E-state index in [0.29, 0.717) is 37.4 Å². The van der Waals surface area contributed by atoms with Gasteiger partial charge in [0, 0.05) is 37.7 Å². The minimum atomic E-state index is -0.495. The molecule has 1 aromatic rings. The molecule has 1 aliphatic carbocycles. The zero-order valence-corrected chi connectivity index (χ0v) is 15.0. The van der Waals surface area contributed by atoms with Crippen molar-refractivity contribution in [1.82, 2.24) is 15.5 Å². The Kier molecular flexibility index (Phi) is 5.88. The van der Waals surface area contributed by atoms with Crippen molar-refractivity contribution in [2.24, 2.45) is 0 Å². The number of amides is 2. The third-order valence-corrected chi connectivity index (χ3v) is 4.65. The number of carbonyl (C=O) groups is 3. The molecule has 0 unspecified atom stereocenters. The number of hydrogen-bond donors (Lipinski definition) is 2. The molecule has 26 heavy (non-hydrogen) atoms. The summed E-state index contributed by atoms with van der Waals surface area (Å²) in [6.07, 6.45) is 2.48. The van der Waals surface area contributed by atoms with Crippen LogP contribution in [0.25, 0.3) is 0 Å². The van der Waals surface area contributed by atoms with Crippen LogP contribution in [0, 0.1) is 0 Å². The van der Waals surface area contributed by atoms with Crippen molar-refractivity contribution in [3.05, 3.63) is 29.8 Å². The van der Waals surface area contributed by atoms with Gasteiger partial charge in [-0.3, -0.25) is 14.4 Å². The van der Waals surface area contributed by atoms with Crippen molar-refractivity contribution >= 4 is 17.6 Å². The summed E-state index contributed by atoms with van der Waals surface area (Å²) in [5.41, 5.74) is 0.630. The Bertz CT molecular complexity index is 670. The van der Waals surface area contributed by atoms with Crippen LogP contribution in [0.5, 0.6) is 5.75 Å². The zero-order chi connectivity index (χ0) is 18.5. The van der Waals surface area contributed by atoms with Gasteiger partial charge in [-0.25, -0.2) is 0 Å². The van der Waals surface area contributed by atoms with Gasteiger partial charge in [0.15, 0.2) is 12.4 Å². The van der Waals surface area contributed by atoms with Gasteiger partial charge in [-0.05, 0) is 37.1 Å². The summed E-state index contributed by atoms with van der Waals surface area (Å²) < 4.78 is 5.56. The maximum absolute atomic E-state index is 12.5. The number of hydrogen-bond acceptors (Lipinski definition) is 5. The first kappa shape index (κ1) is 18.4. The average molecular weight is 359 g/mol. The first-order valence-electron chi connectivity index (χ1n) is 9.15. The lowest BCUT2D eigenvalue weighted by molar-refractivity contribution is -0.143. The summed E-state index contributed by atoms with van der Waals surface area (Å²) in [4.78, 5) is 38.1. The maximum Gasteiger partial charge on any atom is 0.261 e. The van der Waals surface area contributed by atoms with Crippen molar-refractivity contribution in [3.63, 3.8) is 0 Å². The third kappa shape index (κ3) is 4.60. The number of nitrogens with zero attached hydrogens (tertiary/aromatic N) is 1. The van der Waals surface area contributed by atoms with E-state index in [9.17, 15) is 14.4 Å². The number of ether oxygens (including phenoxy) is 1. The molecular formula is C19H25N3O4. The summed E-state index contributed by atoms with van der Waals surface area (Å²) in [6.45, 7) is 3.28. The smallest absolute Gasteiger partial charge is 0.261 e. The summed E-state index contributed by atoms with van der Waals surface area (Å²) >= 11 is 0. The minimum Gasteiger partial charge on any atom is -0.484 e. The summed E-state index contributed by atoms with van der Waals surface area (Å²) in [6, 6.07) is 6.54. The van der Waals surface area contributed by atoms with E-state index < -0.39 is 6.04 Å². The Hall–Kier alpha value is -2.41. The molecule has 2 aliphatic rings. The molecule has 0 spiro atoms. The highest BCUT2D eigenvalue weighted by molar-refractivity contribution is 5.95. The molecule has 1 aliphatic heterocycles. The van der Waals surface area contributed by atoms with Crippen molar-refractivity contribution in [3.8, 4) is 5.75 Å². The number of Topliss-reactive ketones (excluding diaryl/α,β-unsaturated/α-hetero) is 1. The summed E-state index contributed by atoms with van der Waals surface area (Å²) in [5.74, 6) is 0.282. The fraction of sp³-hybridized carbons (Fsp3) is 0.526. The molecule has 7 nitrogen and oxygen atoms in total. The molecule has 1 atom stereocenters. The lowest BCUT2D eigenvalue weighted by Gasteiger charge is -2.35. The van der Waals surface area contributed by atoms with Crippen LogP contribution in [0.3, 0.4) is 0 Å². The van der Waals surface area contributed by atoms with Crippen LogP contribution >= 0.6 is 0 Å². The SMILES string of the molecule is CCC(=O)c1ccc(OCC(=O)N2CCNC[C@@H]2C(=O)NC2CC2)cc1. The van der Waals surface area contributed by atoms with Gasteiger partial charge in [-0.2, -0.15) is 0 Å². The Morgan fingerprint density at radius 3 is 2.62 bits per heavy atom. The third-order valence-electron chi connectivity index (χ3n) is 4.65. The van der Waals surface area contributed by atoms with Gasteiger partial charge in [0.25, 0.3) is 5.91 Å². The molecule has 1 aromatic carbocycles. The number of rotatable bonds is 7. The fourth-order valence-corrected chi connectivity index (χ4v) is 2.93. The normalized spacial score (nSPS) is 19.7. The highest BCUT2D eigenvalue weighted by Gasteiger charge is 2.34. The number of benzene rings is 1. The predicted molar refractivity (Wildman–Crippen MR) is 96.1 cm³/mol. The number of ketones is 1. The molecule has 7 heteroatoms. The van der Waals surface area contributed by atoms with Crippen LogP contribution in [-0.4, -0.2) is 60.8 Å². The van der Waals surface area contributed by atoms with E-state index >= 15 is 0 Å². The van der Waals surface area contributed by atoms with Gasteiger partial charge in [-0.1, -0.05) is 6.92 Å². The molecule has 0 radical (unpaired) electrons. The van der Waals surface area contributed by atoms with Crippen molar-refractivity contribution < 1.29 is 19.1 Å². The molecule has 1 heterocycles. The first-order chi connectivity index (χ1) is 12.6. The second-order valence-electron chi connectivity index (χ2n) is 6.68. The van der Waals surface area contributed by atoms with Gasteiger partial charge in [0.2, 0.25) is 5.91 Å². The highest BCUT2D eigenvalue weighted by atomic mass is 16.5. The van der Waals surface area contributed by atoms with Crippen LogP contribution in [0.4, 0.5) is 0 Å². The van der Waals surface area contributed by atoms with Crippen LogP contribution in [0.15, 0.2) is 24.3 Å². The number of carbonyl (C=O) groups excluding carboxylic acids is 3. The zero-order valence-electron chi connectivity index (χ0n) is 15.0. The van der Waals surface area contributed by atoms with Crippen molar-refractivity contribution in [1.29, 1.82) is 0 Å². The second-order valence-corrected chi connectivity index (χ2v) is 6.68. The van der Waals surface area contributed by atoms with E-state index in [1.807, 2.05) is 6.92 Å². The van der Waals surface area contributed by atoms with Gasteiger partial charge in [0.1, 0.15) is 11.8 Å². The van der Waals surface area contributed by atoms with Crippen LogP contribution in [-0.2, 0) is 9.59 Å². The standard InChI is InChI=1S/C19H25N3O4/c1-2-17(23)13-3-7-15(8-4-13)26-12-18(24)22-10-9-20-11-16(22)19(25)21-14-5-6-14/h3-4,7-8,14,16,20H,2,5-6,9-12H2,1H3,(H,21,25)/t16-/m1/s1. The van der Waals surface area contributed by atoms with Gasteiger partial charge in [0.05, 0.1) is 0 Å². The average Bonchev–Trinajstić information content (AvgIpc) is 3.49. The Labute approximate surface area is 153 Å². The fourth-order valence-electron chi connectivity index (χ4n) is 2.93. The molecule has 2 fully saturated rings. The number of nitrogens with one attached hydrogen (secondary N) is 2. The van der Waals surface area contributed by atoms with E-state index in [4.69, 9.17) is 4.74 Å². The maximum atomic E-state index is 12.5. The van der Waals surface area contributed by atoms with E-state index in [1.54, 1.807) is 29.2 Å². The van der Waals surface area contributed by atoms with Gasteiger partial charge < -0.3 is 20.3 Å². The quantitative estimate of drug-likeness (QED) is 0.701. The monoisotopic (exact) mass is 359 g/mol. The van der Waals surface area contributed by atoms with Crippen molar-refractivity contribution in [2.75, 3.05) is 26.2 Å². The molecule has 140 valence electrons. The summed E-state index contributed by atoms with van der Waals surface area (Å²) in [7, 11) is 0. The second kappa shape index (κ2) is 8.31. The topological polar surface area (TPSA) is 87.7 Å². The lowest BCUT2D eigenvalue weighted by atomic mass is 10.1. The van der Waals surface area contributed by atoms with Crippen LogP contribution in [0.2, 0.25) is 0 Å². The Morgan fingerprint density at radius 2 is 1.96 bits per heavy atom. The van der Waals surface area contributed by atoms with E-state index in [0.717, 1.165) is 12.8 Å². The van der Waals surface area contributed by atoms with Crippen molar-refractivity contribution in [2.45, 2.75) is 38.3 Å². The van der Waals surface area contributed by atoms with Crippen LogP contribution in [0.1, 0.15) is 36.5 Å². The Balaban J connectivity index is 1.55. The number of piperazine rings is 1. The van der Waals surface area contributed by atoms with Crippen LogP contribution < -0.4 is 15.4 Å². The molecule has 1 saturated carbocycles. The first-order valence-corrected chi connectivity index (χ1v) is 9.15. The van der Waals surface area contributed by atoms with Gasteiger partial charge >= 0.3 is 0 Å². The molecular weight excluding hydrogens is 334 g/mol. The minimum absolute atomic E-state index is 0.0676. The predicted octanol–water partition coefficient (Wildman–Crippen LogP) is 0.737. The Morgan fingerprint density at radius 1 is 1.23 bits per heavy atom.